The van der Waals surface area contributed by atoms with Crippen LogP contribution < -0.4 is 0 Å². The minimum Gasteiger partial charge on any atom is -0.279 e. The molecule has 0 spiro atoms. The summed E-state index contributed by atoms with van der Waals surface area (Å²) >= 11 is 6.06. The standard InChI is InChI=1S/C23H13ClF2N4O/c24-18-6-2-1-5-17(18)22(31)10-9-21-23(16-4-3-11-27-13-16)30(29-28-21)14-15-7-8-19(25)20(26)12-15/h1-8,11-13H,14H2. The van der Waals surface area contributed by atoms with Gasteiger partial charge in [0.1, 0.15) is 5.69 Å². The number of benzene rings is 2. The maximum absolute atomic E-state index is 13.6. The van der Waals surface area contributed by atoms with E-state index in [4.69, 9.17) is 11.6 Å². The Kier molecular flexibility index (Phi) is 5.83. The Morgan fingerprint density at radius 1 is 1.06 bits per heavy atom. The molecule has 0 saturated carbocycles. The van der Waals surface area contributed by atoms with E-state index in [1.807, 2.05) is 0 Å². The first-order chi connectivity index (χ1) is 15.0. The minimum atomic E-state index is -0.953. The van der Waals surface area contributed by atoms with Crippen molar-refractivity contribution in [2.45, 2.75) is 6.54 Å². The van der Waals surface area contributed by atoms with Gasteiger partial charge in [-0.2, -0.15) is 0 Å². The van der Waals surface area contributed by atoms with Crippen LogP contribution in [-0.4, -0.2) is 25.8 Å². The fraction of sp³-hybridized carbons (Fsp3) is 0.0435. The lowest BCUT2D eigenvalue weighted by Gasteiger charge is -2.07. The highest BCUT2D eigenvalue weighted by atomic mass is 35.5. The zero-order valence-corrected chi connectivity index (χ0v) is 16.6. The molecule has 0 radical (unpaired) electrons. The number of pyridine rings is 1. The summed E-state index contributed by atoms with van der Waals surface area (Å²) in [5, 5.41) is 8.47. The van der Waals surface area contributed by atoms with Crippen LogP contribution in [0.1, 0.15) is 21.6 Å². The first-order valence-corrected chi connectivity index (χ1v) is 9.49. The van der Waals surface area contributed by atoms with Gasteiger partial charge in [-0.3, -0.25) is 9.78 Å². The second-order valence-electron chi connectivity index (χ2n) is 6.49. The number of nitrogens with zero attached hydrogens (tertiary/aromatic N) is 4. The second kappa shape index (κ2) is 8.86. The molecule has 0 aliphatic carbocycles. The molecule has 31 heavy (non-hydrogen) atoms. The third kappa shape index (κ3) is 4.49. The van der Waals surface area contributed by atoms with Gasteiger partial charge in [0.25, 0.3) is 0 Å². The maximum atomic E-state index is 13.6. The number of rotatable bonds is 4. The molecule has 0 aliphatic heterocycles. The van der Waals surface area contributed by atoms with Crippen LogP contribution in [0.15, 0.2) is 67.0 Å². The van der Waals surface area contributed by atoms with Crippen molar-refractivity contribution in [3.05, 3.63) is 100 Å². The van der Waals surface area contributed by atoms with Gasteiger partial charge in [-0.05, 0) is 53.8 Å². The Morgan fingerprint density at radius 3 is 2.65 bits per heavy atom. The van der Waals surface area contributed by atoms with Crippen molar-refractivity contribution in [3.8, 4) is 23.1 Å². The SMILES string of the molecule is O=C(C#Cc1nnn(Cc2ccc(F)c(F)c2)c1-c1cccnc1)c1ccccc1Cl. The minimum absolute atomic E-state index is 0.120. The van der Waals surface area contributed by atoms with Crippen molar-refractivity contribution in [1.29, 1.82) is 0 Å². The molecule has 0 aliphatic rings. The lowest BCUT2D eigenvalue weighted by molar-refractivity contribution is 0.105. The van der Waals surface area contributed by atoms with Gasteiger partial charge in [-0.25, -0.2) is 13.5 Å². The molecular weight excluding hydrogens is 422 g/mol. The van der Waals surface area contributed by atoms with E-state index in [-0.39, 0.29) is 17.8 Å². The molecule has 152 valence electrons. The van der Waals surface area contributed by atoms with Gasteiger partial charge in [0.2, 0.25) is 5.78 Å². The van der Waals surface area contributed by atoms with Crippen molar-refractivity contribution in [2.24, 2.45) is 0 Å². The molecule has 4 aromatic rings. The van der Waals surface area contributed by atoms with Crippen LogP contribution in [-0.2, 0) is 6.54 Å². The number of hydrogen-bond acceptors (Lipinski definition) is 4. The fourth-order valence-electron chi connectivity index (χ4n) is 2.94. The molecular formula is C23H13ClF2N4O. The first kappa shape index (κ1) is 20.4. The molecule has 5 nitrogen and oxygen atoms in total. The Labute approximate surface area is 181 Å². The number of carbonyl (C=O) groups is 1. The molecule has 2 aromatic carbocycles. The summed E-state index contributed by atoms with van der Waals surface area (Å²) in [4.78, 5) is 16.6. The quantitative estimate of drug-likeness (QED) is 0.349. The number of aromatic nitrogens is 4. The average molecular weight is 435 g/mol. The monoisotopic (exact) mass is 434 g/mol. The molecule has 0 saturated heterocycles. The second-order valence-corrected chi connectivity index (χ2v) is 6.90. The Hall–Kier alpha value is -3.89. The van der Waals surface area contributed by atoms with Gasteiger partial charge in [0.05, 0.1) is 11.6 Å². The predicted molar refractivity (Wildman–Crippen MR) is 111 cm³/mol. The average Bonchev–Trinajstić information content (AvgIpc) is 3.18. The smallest absolute Gasteiger partial charge is 0.237 e. The Bertz CT molecular complexity index is 1330. The normalized spacial score (nSPS) is 10.4. The molecule has 0 amide bonds. The number of Topliss-reactive ketones (excluding diaryl/α,β-unsaturated/α-hetero) is 1. The van der Waals surface area contributed by atoms with Gasteiger partial charge in [-0.15, -0.1) is 5.10 Å². The van der Waals surface area contributed by atoms with E-state index < -0.39 is 17.4 Å². The number of hydrogen-bond donors (Lipinski definition) is 0. The predicted octanol–water partition coefficient (Wildman–Crippen LogP) is 4.55. The fourth-order valence-corrected chi connectivity index (χ4v) is 3.16. The summed E-state index contributed by atoms with van der Waals surface area (Å²) in [6, 6.07) is 13.7. The number of halogens is 3. The summed E-state index contributed by atoms with van der Waals surface area (Å²) in [6.07, 6.45) is 3.21. The molecule has 0 fully saturated rings. The highest BCUT2D eigenvalue weighted by Crippen LogP contribution is 2.22. The van der Waals surface area contributed by atoms with Crippen molar-refractivity contribution in [2.75, 3.05) is 0 Å². The molecule has 0 bridgehead atoms. The van der Waals surface area contributed by atoms with Crippen LogP contribution in [0.2, 0.25) is 5.02 Å². The highest BCUT2D eigenvalue weighted by molar-refractivity contribution is 6.35. The van der Waals surface area contributed by atoms with Crippen LogP contribution in [0.4, 0.5) is 8.78 Å². The van der Waals surface area contributed by atoms with E-state index in [9.17, 15) is 13.6 Å². The lowest BCUT2D eigenvalue weighted by atomic mass is 10.1. The topological polar surface area (TPSA) is 60.7 Å². The van der Waals surface area contributed by atoms with Crippen LogP contribution in [0, 0.1) is 23.5 Å². The van der Waals surface area contributed by atoms with Crippen LogP contribution in [0.3, 0.4) is 0 Å². The highest BCUT2D eigenvalue weighted by Gasteiger charge is 2.16. The van der Waals surface area contributed by atoms with E-state index in [1.54, 1.807) is 48.8 Å². The van der Waals surface area contributed by atoms with Crippen LogP contribution in [0.5, 0.6) is 0 Å². The lowest BCUT2D eigenvalue weighted by Crippen LogP contribution is -2.05. The van der Waals surface area contributed by atoms with Gasteiger partial charge >= 0.3 is 0 Å². The van der Waals surface area contributed by atoms with Crippen molar-refractivity contribution in [3.63, 3.8) is 0 Å². The van der Waals surface area contributed by atoms with E-state index >= 15 is 0 Å². The van der Waals surface area contributed by atoms with Gasteiger partial charge in [0, 0.05) is 23.5 Å². The molecule has 0 atom stereocenters. The molecule has 8 heteroatoms. The molecule has 2 aromatic heterocycles. The summed E-state index contributed by atoms with van der Waals surface area (Å²) in [7, 11) is 0. The zero-order chi connectivity index (χ0) is 21.8. The van der Waals surface area contributed by atoms with E-state index in [1.165, 1.54) is 10.7 Å². The van der Waals surface area contributed by atoms with Crippen molar-refractivity contribution < 1.29 is 13.6 Å². The summed E-state index contributed by atoms with van der Waals surface area (Å²) in [6.45, 7) is 0.120. The van der Waals surface area contributed by atoms with E-state index in [0.717, 1.165) is 12.1 Å². The number of ketones is 1. The maximum Gasteiger partial charge on any atom is 0.237 e. The van der Waals surface area contributed by atoms with E-state index in [2.05, 4.69) is 27.1 Å². The third-order valence-electron chi connectivity index (χ3n) is 4.40. The summed E-state index contributed by atoms with van der Waals surface area (Å²) in [5.41, 5.74) is 2.17. The molecule has 2 heterocycles. The van der Waals surface area contributed by atoms with Gasteiger partial charge in [0.15, 0.2) is 17.3 Å². The van der Waals surface area contributed by atoms with E-state index in [0.29, 0.717) is 21.8 Å². The number of carbonyl (C=O) groups excluding carboxylic acids is 1. The Morgan fingerprint density at radius 2 is 1.90 bits per heavy atom. The third-order valence-corrected chi connectivity index (χ3v) is 4.73. The van der Waals surface area contributed by atoms with Gasteiger partial charge in [-0.1, -0.05) is 35.0 Å². The van der Waals surface area contributed by atoms with Crippen LogP contribution >= 0.6 is 11.6 Å². The van der Waals surface area contributed by atoms with Crippen molar-refractivity contribution in [1.82, 2.24) is 20.0 Å². The first-order valence-electron chi connectivity index (χ1n) is 9.11. The molecule has 0 unspecified atom stereocenters. The molecule has 0 N–H and O–H groups in total. The largest absolute Gasteiger partial charge is 0.279 e. The summed E-state index contributed by atoms with van der Waals surface area (Å²) < 4.78 is 28.4. The van der Waals surface area contributed by atoms with Crippen molar-refractivity contribution >= 4 is 17.4 Å². The van der Waals surface area contributed by atoms with Gasteiger partial charge < -0.3 is 0 Å². The molecule has 4 rings (SSSR count). The zero-order valence-electron chi connectivity index (χ0n) is 15.9. The van der Waals surface area contributed by atoms with Crippen LogP contribution in [0.25, 0.3) is 11.3 Å². The Balaban J connectivity index is 1.73. The summed E-state index contributed by atoms with van der Waals surface area (Å²) in [5.74, 6) is 2.95.